The highest BCUT2D eigenvalue weighted by molar-refractivity contribution is 7.11. The first kappa shape index (κ1) is 11.8. The van der Waals surface area contributed by atoms with Gasteiger partial charge in [0.1, 0.15) is 0 Å². The van der Waals surface area contributed by atoms with Crippen molar-refractivity contribution in [2.45, 2.75) is 19.3 Å². The molecule has 3 rings (SSSR count). The van der Waals surface area contributed by atoms with Crippen molar-refractivity contribution in [2.24, 2.45) is 0 Å². The topological polar surface area (TPSA) is 46.1 Å². The van der Waals surface area contributed by atoms with Crippen molar-refractivity contribution in [3.63, 3.8) is 0 Å². The van der Waals surface area contributed by atoms with Crippen LogP contribution in [0.1, 0.15) is 17.8 Å². The van der Waals surface area contributed by atoms with Gasteiger partial charge in [0.05, 0.1) is 15.6 Å². The third kappa shape index (κ3) is 2.44. The summed E-state index contributed by atoms with van der Waals surface area (Å²) in [4.78, 5) is 19.1. The third-order valence-corrected chi connectivity index (χ3v) is 4.69. The Labute approximate surface area is 113 Å². The Kier molecular flexibility index (Phi) is 3.38. The molecule has 0 N–H and O–H groups in total. The standard InChI is InChI=1S/C12H13N3OS2/c16-12-2-1-6-15(12)7-4-11-14-9(8-17-11)10-3-5-13-18-10/h3,5,8H,1-2,4,6-7H2. The lowest BCUT2D eigenvalue weighted by atomic mass is 10.4. The van der Waals surface area contributed by atoms with E-state index >= 15 is 0 Å². The van der Waals surface area contributed by atoms with E-state index in [0.29, 0.717) is 6.42 Å². The first-order valence-electron chi connectivity index (χ1n) is 5.96. The number of nitrogens with zero attached hydrogens (tertiary/aromatic N) is 3. The molecule has 0 radical (unpaired) electrons. The van der Waals surface area contributed by atoms with Gasteiger partial charge < -0.3 is 4.90 Å². The van der Waals surface area contributed by atoms with E-state index in [-0.39, 0.29) is 5.91 Å². The first-order valence-corrected chi connectivity index (χ1v) is 7.61. The van der Waals surface area contributed by atoms with Gasteiger partial charge in [0, 0.05) is 37.5 Å². The SMILES string of the molecule is O=C1CCCN1CCc1nc(-c2ccns2)cs1. The van der Waals surface area contributed by atoms with Gasteiger partial charge in [0.15, 0.2) is 0 Å². The summed E-state index contributed by atoms with van der Waals surface area (Å²) < 4.78 is 4.08. The van der Waals surface area contributed by atoms with Crippen LogP contribution >= 0.6 is 22.9 Å². The summed E-state index contributed by atoms with van der Waals surface area (Å²) in [6.45, 7) is 1.71. The quantitative estimate of drug-likeness (QED) is 0.863. The second-order valence-electron chi connectivity index (χ2n) is 4.24. The van der Waals surface area contributed by atoms with Gasteiger partial charge in [-0.3, -0.25) is 4.79 Å². The Balaban J connectivity index is 1.62. The molecule has 94 valence electrons. The lowest BCUT2D eigenvalue weighted by Crippen LogP contribution is -2.26. The summed E-state index contributed by atoms with van der Waals surface area (Å²) in [5.41, 5.74) is 1.00. The highest BCUT2D eigenvalue weighted by Gasteiger charge is 2.19. The molecule has 0 bridgehead atoms. The van der Waals surface area contributed by atoms with Crippen LogP contribution in [0.2, 0.25) is 0 Å². The number of aromatic nitrogens is 2. The number of hydrogen-bond donors (Lipinski definition) is 0. The molecule has 18 heavy (non-hydrogen) atoms. The number of thiazole rings is 1. The molecule has 6 heteroatoms. The molecule has 0 unspecified atom stereocenters. The van der Waals surface area contributed by atoms with Crippen molar-refractivity contribution in [3.05, 3.63) is 22.7 Å². The molecule has 1 aliphatic heterocycles. The minimum Gasteiger partial charge on any atom is -0.342 e. The van der Waals surface area contributed by atoms with Crippen LogP contribution in [0.3, 0.4) is 0 Å². The maximum absolute atomic E-state index is 11.5. The largest absolute Gasteiger partial charge is 0.342 e. The van der Waals surface area contributed by atoms with E-state index in [1.807, 2.05) is 11.0 Å². The smallest absolute Gasteiger partial charge is 0.222 e. The number of carbonyl (C=O) groups is 1. The fourth-order valence-corrected chi connectivity index (χ4v) is 3.48. The van der Waals surface area contributed by atoms with Gasteiger partial charge in [0.2, 0.25) is 5.91 Å². The number of likely N-dealkylation sites (tertiary alicyclic amines) is 1. The first-order chi connectivity index (χ1) is 8.83. The second-order valence-corrected chi connectivity index (χ2v) is 6.01. The normalized spacial score (nSPS) is 15.6. The molecule has 1 aliphatic rings. The fraction of sp³-hybridized carbons (Fsp3) is 0.417. The van der Waals surface area contributed by atoms with Crippen LogP contribution in [-0.2, 0) is 11.2 Å². The van der Waals surface area contributed by atoms with E-state index in [2.05, 4.69) is 14.7 Å². The molecule has 1 fully saturated rings. The minimum absolute atomic E-state index is 0.286. The molecule has 0 spiro atoms. The van der Waals surface area contributed by atoms with Crippen LogP contribution in [0, 0.1) is 0 Å². The van der Waals surface area contributed by atoms with Crippen molar-refractivity contribution in [3.8, 4) is 10.6 Å². The van der Waals surface area contributed by atoms with E-state index < -0.39 is 0 Å². The highest BCUT2D eigenvalue weighted by atomic mass is 32.1. The predicted octanol–water partition coefficient (Wildman–Crippen LogP) is 2.43. The van der Waals surface area contributed by atoms with Crippen LogP contribution in [0.15, 0.2) is 17.6 Å². The molecular formula is C12H13N3OS2. The molecule has 0 aromatic carbocycles. The molecule has 1 saturated heterocycles. The van der Waals surface area contributed by atoms with Crippen LogP contribution in [0.4, 0.5) is 0 Å². The Bertz CT molecular complexity index is 535. The van der Waals surface area contributed by atoms with Gasteiger partial charge in [-0.25, -0.2) is 9.36 Å². The summed E-state index contributed by atoms with van der Waals surface area (Å²) >= 11 is 3.12. The number of carbonyl (C=O) groups excluding carboxylic acids is 1. The van der Waals surface area contributed by atoms with Crippen molar-refractivity contribution >= 4 is 28.8 Å². The molecule has 4 nitrogen and oxygen atoms in total. The van der Waals surface area contributed by atoms with E-state index in [1.54, 1.807) is 17.5 Å². The lowest BCUT2D eigenvalue weighted by molar-refractivity contribution is -0.127. The van der Waals surface area contributed by atoms with Gasteiger partial charge in [-0.1, -0.05) is 0 Å². The molecule has 3 heterocycles. The lowest BCUT2D eigenvalue weighted by Gasteiger charge is -2.13. The Morgan fingerprint density at radius 2 is 2.39 bits per heavy atom. The van der Waals surface area contributed by atoms with E-state index in [1.165, 1.54) is 11.5 Å². The predicted molar refractivity (Wildman–Crippen MR) is 72.7 cm³/mol. The van der Waals surface area contributed by atoms with Crippen molar-refractivity contribution in [1.82, 2.24) is 14.3 Å². The van der Waals surface area contributed by atoms with Gasteiger partial charge in [0.25, 0.3) is 0 Å². The Morgan fingerprint density at radius 1 is 1.44 bits per heavy atom. The van der Waals surface area contributed by atoms with E-state index in [0.717, 1.165) is 41.5 Å². The molecule has 2 aromatic rings. The van der Waals surface area contributed by atoms with Crippen LogP contribution in [0.5, 0.6) is 0 Å². The number of hydrogen-bond acceptors (Lipinski definition) is 5. The zero-order valence-corrected chi connectivity index (χ0v) is 11.5. The van der Waals surface area contributed by atoms with Crippen LogP contribution in [0.25, 0.3) is 10.6 Å². The van der Waals surface area contributed by atoms with Crippen molar-refractivity contribution in [1.29, 1.82) is 0 Å². The van der Waals surface area contributed by atoms with Gasteiger partial charge in [-0.2, -0.15) is 0 Å². The second kappa shape index (κ2) is 5.16. The fourth-order valence-electron chi connectivity index (χ4n) is 2.06. The van der Waals surface area contributed by atoms with E-state index in [4.69, 9.17) is 0 Å². The molecular weight excluding hydrogens is 266 g/mol. The summed E-state index contributed by atoms with van der Waals surface area (Å²) in [7, 11) is 0. The van der Waals surface area contributed by atoms with Crippen molar-refractivity contribution < 1.29 is 4.79 Å². The highest BCUT2D eigenvalue weighted by Crippen LogP contribution is 2.25. The maximum Gasteiger partial charge on any atom is 0.222 e. The number of rotatable bonds is 4. The Hall–Kier alpha value is -1.27. The van der Waals surface area contributed by atoms with Crippen LogP contribution < -0.4 is 0 Å². The zero-order valence-electron chi connectivity index (χ0n) is 9.83. The van der Waals surface area contributed by atoms with E-state index in [9.17, 15) is 4.79 Å². The average molecular weight is 279 g/mol. The number of amides is 1. The van der Waals surface area contributed by atoms with Crippen molar-refractivity contribution in [2.75, 3.05) is 13.1 Å². The maximum atomic E-state index is 11.5. The average Bonchev–Trinajstić information content (AvgIpc) is 3.08. The van der Waals surface area contributed by atoms with Gasteiger partial charge in [-0.05, 0) is 24.0 Å². The summed E-state index contributed by atoms with van der Waals surface area (Å²) in [5.74, 6) is 0.286. The summed E-state index contributed by atoms with van der Waals surface area (Å²) in [6.07, 6.45) is 4.37. The molecule has 0 atom stereocenters. The third-order valence-electron chi connectivity index (χ3n) is 3.01. The summed E-state index contributed by atoms with van der Waals surface area (Å²) in [6, 6.07) is 1.98. The monoisotopic (exact) mass is 279 g/mol. The molecule has 1 amide bonds. The summed E-state index contributed by atoms with van der Waals surface area (Å²) in [5, 5.41) is 3.16. The van der Waals surface area contributed by atoms with Gasteiger partial charge >= 0.3 is 0 Å². The molecule has 0 aliphatic carbocycles. The van der Waals surface area contributed by atoms with Gasteiger partial charge in [-0.15, -0.1) is 11.3 Å². The molecule has 2 aromatic heterocycles. The Morgan fingerprint density at radius 3 is 3.11 bits per heavy atom. The van der Waals surface area contributed by atoms with Crippen LogP contribution in [-0.4, -0.2) is 33.3 Å². The minimum atomic E-state index is 0.286. The molecule has 0 saturated carbocycles. The zero-order chi connectivity index (χ0) is 12.4.